The number of amides is 1. The zero-order valence-corrected chi connectivity index (χ0v) is 13.2. The van der Waals surface area contributed by atoms with Crippen molar-refractivity contribution in [2.24, 2.45) is 0 Å². The van der Waals surface area contributed by atoms with E-state index in [1.54, 1.807) is 18.3 Å². The molecule has 0 aliphatic rings. The first kappa shape index (κ1) is 14.1. The molecule has 0 unspecified atom stereocenters. The van der Waals surface area contributed by atoms with Gasteiger partial charge in [0.2, 0.25) is 0 Å². The smallest absolute Gasteiger partial charge is 0.269 e. The van der Waals surface area contributed by atoms with E-state index in [4.69, 9.17) is 0 Å². The first-order valence-electron chi connectivity index (χ1n) is 5.63. The van der Waals surface area contributed by atoms with E-state index in [1.807, 2.05) is 20.8 Å². The Hall–Kier alpha value is -1.34. The number of rotatable bonds is 2. The number of aromatic nitrogens is 3. The highest BCUT2D eigenvalue weighted by molar-refractivity contribution is 9.10. The van der Waals surface area contributed by atoms with E-state index in [0.29, 0.717) is 16.3 Å². The summed E-state index contributed by atoms with van der Waals surface area (Å²) in [6, 6.07) is 3.55. The minimum Gasteiger partial charge on any atom is -0.320 e. The number of nitrogens with zero attached hydrogens (tertiary/aromatic N) is 3. The molecule has 0 atom stereocenters. The summed E-state index contributed by atoms with van der Waals surface area (Å²) in [6.45, 7) is 6.01. The molecule has 5 nitrogen and oxygen atoms in total. The number of carbonyl (C=O) groups excluding carboxylic acids is 1. The predicted molar refractivity (Wildman–Crippen MR) is 78.5 cm³/mol. The van der Waals surface area contributed by atoms with Crippen LogP contribution in [0.5, 0.6) is 0 Å². The summed E-state index contributed by atoms with van der Waals surface area (Å²) in [6.07, 6.45) is 1.59. The summed E-state index contributed by atoms with van der Waals surface area (Å²) >= 11 is 4.35. The van der Waals surface area contributed by atoms with Crippen LogP contribution in [-0.4, -0.2) is 20.5 Å². The molecule has 0 spiro atoms. The number of pyridine rings is 1. The summed E-state index contributed by atoms with van der Waals surface area (Å²) in [5.41, 5.74) is 1.14. The molecule has 19 heavy (non-hydrogen) atoms. The van der Waals surface area contributed by atoms with Crippen LogP contribution in [0.1, 0.15) is 36.1 Å². The summed E-state index contributed by atoms with van der Waals surface area (Å²) in [7, 11) is 0. The first-order valence-corrected chi connectivity index (χ1v) is 7.20. The molecule has 100 valence electrons. The van der Waals surface area contributed by atoms with Gasteiger partial charge in [-0.1, -0.05) is 25.3 Å². The molecule has 2 aromatic rings. The van der Waals surface area contributed by atoms with Gasteiger partial charge in [-0.05, 0) is 39.6 Å². The van der Waals surface area contributed by atoms with Gasteiger partial charge < -0.3 is 5.32 Å². The van der Waals surface area contributed by atoms with Gasteiger partial charge in [-0.25, -0.2) is 4.98 Å². The van der Waals surface area contributed by atoms with Crippen molar-refractivity contribution in [2.75, 3.05) is 5.32 Å². The van der Waals surface area contributed by atoms with Crippen molar-refractivity contribution in [2.45, 2.75) is 26.2 Å². The fourth-order valence-electron chi connectivity index (χ4n) is 1.47. The van der Waals surface area contributed by atoms with E-state index in [9.17, 15) is 4.79 Å². The van der Waals surface area contributed by atoms with E-state index in [1.165, 1.54) is 0 Å². The third kappa shape index (κ3) is 3.36. The monoisotopic (exact) mass is 340 g/mol. The lowest BCUT2D eigenvalue weighted by Crippen LogP contribution is -2.19. The minimum absolute atomic E-state index is 0.205. The summed E-state index contributed by atoms with van der Waals surface area (Å²) in [4.78, 5) is 16.8. The highest BCUT2D eigenvalue weighted by Crippen LogP contribution is 2.26. The summed E-state index contributed by atoms with van der Waals surface area (Å²) < 4.78 is 4.60. The number of carbonyl (C=O) groups is 1. The average Bonchev–Trinajstić information content (AvgIpc) is 2.81. The minimum atomic E-state index is -0.211. The molecule has 1 N–H and O–H groups in total. The second-order valence-electron chi connectivity index (χ2n) is 5.02. The third-order valence-electron chi connectivity index (χ3n) is 2.39. The van der Waals surface area contributed by atoms with Gasteiger partial charge in [-0.15, -0.1) is 5.10 Å². The van der Waals surface area contributed by atoms with Crippen LogP contribution in [0.25, 0.3) is 0 Å². The van der Waals surface area contributed by atoms with Gasteiger partial charge in [0.15, 0.2) is 0 Å². The van der Waals surface area contributed by atoms with Gasteiger partial charge in [0, 0.05) is 5.41 Å². The molecule has 0 bridgehead atoms. The van der Waals surface area contributed by atoms with Crippen LogP contribution >= 0.6 is 27.5 Å². The van der Waals surface area contributed by atoms with Gasteiger partial charge in [-0.3, -0.25) is 4.79 Å². The molecule has 0 radical (unpaired) electrons. The molecule has 0 saturated heterocycles. The number of anilines is 1. The van der Waals surface area contributed by atoms with E-state index >= 15 is 0 Å². The summed E-state index contributed by atoms with van der Waals surface area (Å²) in [5.74, 6) is -0.205. The second kappa shape index (κ2) is 5.34. The Labute approximate surface area is 123 Å². The highest BCUT2D eigenvalue weighted by atomic mass is 79.9. The Morgan fingerprint density at radius 1 is 1.37 bits per heavy atom. The molecular weight excluding hydrogens is 328 g/mol. The maximum absolute atomic E-state index is 12.2. The average molecular weight is 341 g/mol. The van der Waals surface area contributed by atoms with Crippen LogP contribution in [0.2, 0.25) is 0 Å². The molecule has 0 aliphatic carbocycles. The van der Waals surface area contributed by atoms with E-state index in [2.05, 4.69) is 35.8 Å². The number of halogens is 1. The molecule has 7 heteroatoms. The molecule has 0 aliphatic heterocycles. The van der Waals surface area contributed by atoms with Crippen molar-refractivity contribution in [1.82, 2.24) is 14.6 Å². The molecular formula is C12H13BrN4OS. The maximum Gasteiger partial charge on any atom is 0.269 e. The van der Waals surface area contributed by atoms with Gasteiger partial charge >= 0.3 is 0 Å². The predicted octanol–water partition coefficient (Wildman–Crippen LogP) is 3.25. The molecule has 0 saturated carbocycles. The fourth-order valence-corrected chi connectivity index (χ4v) is 2.47. The second-order valence-corrected chi connectivity index (χ2v) is 6.59. The summed E-state index contributed by atoms with van der Waals surface area (Å²) in [5, 5.41) is 6.84. The highest BCUT2D eigenvalue weighted by Gasteiger charge is 2.26. The molecule has 0 fully saturated rings. The van der Waals surface area contributed by atoms with Gasteiger partial charge in [-0.2, -0.15) is 0 Å². The van der Waals surface area contributed by atoms with Crippen LogP contribution in [0.15, 0.2) is 22.9 Å². The quantitative estimate of drug-likeness (QED) is 0.852. The standard InChI is InChI=1S/C12H13BrN4OS/c1-12(2,3)10-9(19-17-16-10)11(18)15-7-4-5-8(13)14-6-7/h4-6H,1-3H3,(H,15,18). The molecule has 2 heterocycles. The van der Waals surface area contributed by atoms with E-state index in [-0.39, 0.29) is 11.3 Å². The zero-order valence-electron chi connectivity index (χ0n) is 10.8. The SMILES string of the molecule is CC(C)(C)c1nnsc1C(=O)Nc1ccc(Br)nc1. The largest absolute Gasteiger partial charge is 0.320 e. The Balaban J connectivity index is 2.21. The third-order valence-corrected chi connectivity index (χ3v) is 3.58. The Morgan fingerprint density at radius 3 is 2.68 bits per heavy atom. The van der Waals surface area contributed by atoms with Crippen LogP contribution < -0.4 is 5.32 Å². The lowest BCUT2D eigenvalue weighted by atomic mass is 9.91. The molecule has 0 aromatic carbocycles. The van der Waals surface area contributed by atoms with E-state index < -0.39 is 0 Å². The van der Waals surface area contributed by atoms with Gasteiger partial charge in [0.1, 0.15) is 9.48 Å². The maximum atomic E-state index is 12.2. The van der Waals surface area contributed by atoms with Crippen molar-refractivity contribution in [1.29, 1.82) is 0 Å². The van der Waals surface area contributed by atoms with Crippen LogP contribution in [0.4, 0.5) is 5.69 Å². The van der Waals surface area contributed by atoms with Gasteiger partial charge in [0.05, 0.1) is 17.6 Å². The topological polar surface area (TPSA) is 67.8 Å². The van der Waals surface area contributed by atoms with Crippen LogP contribution in [0.3, 0.4) is 0 Å². The van der Waals surface area contributed by atoms with Crippen LogP contribution in [0, 0.1) is 0 Å². The number of hydrogen-bond donors (Lipinski definition) is 1. The zero-order chi connectivity index (χ0) is 14.0. The lowest BCUT2D eigenvalue weighted by Gasteiger charge is -2.16. The fraction of sp³-hybridized carbons (Fsp3) is 0.333. The molecule has 1 amide bonds. The first-order chi connectivity index (χ1) is 8.88. The van der Waals surface area contributed by atoms with E-state index in [0.717, 1.165) is 16.1 Å². The number of nitrogens with one attached hydrogen (secondary N) is 1. The molecule has 2 aromatic heterocycles. The van der Waals surface area contributed by atoms with Crippen LogP contribution in [-0.2, 0) is 5.41 Å². The number of hydrogen-bond acceptors (Lipinski definition) is 5. The lowest BCUT2D eigenvalue weighted by molar-refractivity contribution is 0.102. The Morgan fingerprint density at radius 2 is 2.11 bits per heavy atom. The van der Waals surface area contributed by atoms with Crippen molar-refractivity contribution in [3.05, 3.63) is 33.5 Å². The van der Waals surface area contributed by atoms with Crippen molar-refractivity contribution >= 4 is 39.1 Å². The molecule has 2 rings (SSSR count). The van der Waals surface area contributed by atoms with Gasteiger partial charge in [0.25, 0.3) is 5.91 Å². The Kier molecular flexibility index (Phi) is 3.96. The Bertz CT molecular complexity index is 589. The normalized spacial score (nSPS) is 11.4. The van der Waals surface area contributed by atoms with Crippen molar-refractivity contribution in [3.63, 3.8) is 0 Å². The van der Waals surface area contributed by atoms with Crippen molar-refractivity contribution < 1.29 is 4.79 Å². The van der Waals surface area contributed by atoms with Crippen molar-refractivity contribution in [3.8, 4) is 0 Å².